The van der Waals surface area contributed by atoms with E-state index in [2.05, 4.69) is 4.98 Å². The van der Waals surface area contributed by atoms with Gasteiger partial charge in [-0.25, -0.2) is 13.2 Å². The van der Waals surface area contributed by atoms with Crippen LogP contribution < -0.4 is 5.56 Å². The Kier molecular flexibility index (Phi) is 4.55. The van der Waals surface area contributed by atoms with Gasteiger partial charge in [-0.05, 0) is 26.2 Å². The minimum absolute atomic E-state index is 0.0886. The molecule has 0 atom stereocenters. The Morgan fingerprint density at radius 2 is 2.09 bits per heavy atom. The van der Waals surface area contributed by atoms with E-state index in [0.29, 0.717) is 19.3 Å². The molecule has 2 rings (SSSR count). The van der Waals surface area contributed by atoms with Gasteiger partial charge in [0.25, 0.3) is 0 Å². The van der Waals surface area contributed by atoms with Crippen LogP contribution in [-0.2, 0) is 14.6 Å². The van der Waals surface area contributed by atoms with Gasteiger partial charge in [0.2, 0.25) is 0 Å². The van der Waals surface area contributed by atoms with Gasteiger partial charge < -0.3 is 9.72 Å². The Balaban J connectivity index is 2.79. The first-order valence-electron chi connectivity index (χ1n) is 6.89. The van der Waals surface area contributed by atoms with E-state index in [9.17, 15) is 28.1 Å². The summed E-state index contributed by atoms with van der Waals surface area (Å²) >= 11 is 0. The van der Waals surface area contributed by atoms with E-state index in [1.165, 1.54) is 6.92 Å². The molecule has 1 radical (unpaired) electrons. The first kappa shape index (κ1) is 17.1. The lowest BCUT2D eigenvalue weighted by Crippen LogP contribution is -2.25. The van der Waals surface area contributed by atoms with Crippen LogP contribution in [0, 0.1) is 23.6 Å². The molecule has 0 aliphatic heterocycles. The van der Waals surface area contributed by atoms with Crippen molar-refractivity contribution in [1.29, 1.82) is 0 Å². The topological polar surface area (TPSA) is 136 Å². The summed E-state index contributed by atoms with van der Waals surface area (Å²) in [5.74, 6) is -1.05. The fraction of sp³-hybridized carbons (Fsp3) is 0.462. The van der Waals surface area contributed by atoms with E-state index >= 15 is 0 Å². The average Bonchev–Trinajstić information content (AvgIpc) is 3.28. The van der Waals surface area contributed by atoms with Crippen LogP contribution in [0.1, 0.15) is 42.2 Å². The number of nitrogens with zero attached hydrogens (tertiary/aromatic N) is 1. The summed E-state index contributed by atoms with van der Waals surface area (Å²) in [4.78, 5) is 35.4. The second kappa shape index (κ2) is 6.11. The van der Waals surface area contributed by atoms with Crippen LogP contribution in [0.5, 0.6) is 0 Å². The van der Waals surface area contributed by atoms with Crippen molar-refractivity contribution in [3.05, 3.63) is 38.3 Å². The van der Waals surface area contributed by atoms with Crippen LogP contribution in [0.15, 0.2) is 9.69 Å². The maximum absolute atomic E-state index is 12.5. The zero-order valence-electron chi connectivity index (χ0n) is 12.5. The zero-order chi connectivity index (χ0) is 17.4. The molecule has 1 aromatic heterocycles. The molecule has 9 nitrogen and oxygen atoms in total. The average molecular weight is 343 g/mol. The monoisotopic (exact) mass is 343 g/mol. The predicted molar refractivity (Wildman–Crippen MR) is 78.7 cm³/mol. The SMILES string of the molecule is CC[CH]OC(=O)c1c(C)[nH]c(=O)c([N+](=O)[O-])c1S(=O)(=O)C1CC1. The number of carbonyl (C=O) groups excluding carboxylic acids is 1. The molecule has 10 heteroatoms. The third-order valence-corrected chi connectivity index (χ3v) is 5.64. The molecule has 23 heavy (non-hydrogen) atoms. The molecule has 1 aliphatic rings. The van der Waals surface area contributed by atoms with Crippen molar-refractivity contribution >= 4 is 21.5 Å². The van der Waals surface area contributed by atoms with Crippen molar-refractivity contribution in [3.8, 4) is 0 Å². The van der Waals surface area contributed by atoms with E-state index in [1.807, 2.05) is 0 Å². The highest BCUT2D eigenvalue weighted by Crippen LogP contribution is 2.38. The number of nitro groups is 1. The molecule has 1 saturated carbocycles. The van der Waals surface area contributed by atoms with E-state index < -0.39 is 47.7 Å². The van der Waals surface area contributed by atoms with Crippen LogP contribution in [0.25, 0.3) is 0 Å². The lowest BCUT2D eigenvalue weighted by Gasteiger charge is -2.12. The van der Waals surface area contributed by atoms with E-state index in [-0.39, 0.29) is 5.69 Å². The summed E-state index contributed by atoms with van der Waals surface area (Å²) in [5.41, 5.74) is -2.89. The number of hydrogen-bond donors (Lipinski definition) is 1. The third-order valence-electron chi connectivity index (χ3n) is 3.32. The number of aromatic amines is 1. The van der Waals surface area contributed by atoms with Crippen LogP contribution in [0.2, 0.25) is 0 Å². The predicted octanol–water partition coefficient (Wildman–Crippen LogP) is 1.26. The Bertz CT molecular complexity index is 821. The van der Waals surface area contributed by atoms with Crippen molar-refractivity contribution in [3.63, 3.8) is 0 Å². The maximum Gasteiger partial charge on any atom is 0.353 e. The highest BCUT2D eigenvalue weighted by Gasteiger charge is 2.45. The molecule has 1 aliphatic carbocycles. The quantitative estimate of drug-likeness (QED) is 0.466. The van der Waals surface area contributed by atoms with Gasteiger partial charge in [0, 0.05) is 5.69 Å². The van der Waals surface area contributed by atoms with Gasteiger partial charge in [0.15, 0.2) is 14.7 Å². The van der Waals surface area contributed by atoms with Crippen LogP contribution in [0.3, 0.4) is 0 Å². The van der Waals surface area contributed by atoms with E-state index in [0.717, 1.165) is 6.61 Å². The number of sulfone groups is 1. The second-order valence-electron chi connectivity index (χ2n) is 5.11. The van der Waals surface area contributed by atoms with Gasteiger partial charge in [-0.1, -0.05) is 6.92 Å². The van der Waals surface area contributed by atoms with E-state index in [4.69, 9.17) is 4.74 Å². The number of ether oxygens (including phenoxy) is 1. The van der Waals surface area contributed by atoms with Gasteiger partial charge in [-0.3, -0.25) is 14.9 Å². The summed E-state index contributed by atoms with van der Waals surface area (Å²) in [5, 5.41) is 10.4. The highest BCUT2D eigenvalue weighted by atomic mass is 32.2. The minimum atomic E-state index is -4.16. The summed E-state index contributed by atoms with van der Waals surface area (Å²) < 4.78 is 29.9. The summed E-state index contributed by atoms with van der Waals surface area (Å²) in [7, 11) is -4.16. The number of nitrogens with one attached hydrogen (secondary N) is 1. The number of pyridine rings is 1. The standard InChI is InChI=1S/C13H15N2O7S/c1-3-6-22-13(17)9-7(2)14-12(16)10(15(18)19)11(9)23(20,21)8-4-5-8/h6,8H,3-5H2,1-2H3,(H,14,16). The number of carbonyl (C=O) groups is 1. The molecule has 0 aromatic carbocycles. The second-order valence-corrected chi connectivity index (χ2v) is 7.28. The summed E-state index contributed by atoms with van der Waals surface area (Å²) in [6.45, 7) is 4.13. The Morgan fingerprint density at radius 3 is 2.57 bits per heavy atom. The highest BCUT2D eigenvalue weighted by molar-refractivity contribution is 7.92. The number of rotatable bonds is 6. The van der Waals surface area contributed by atoms with E-state index in [1.54, 1.807) is 6.92 Å². The Hall–Kier alpha value is -2.23. The first-order valence-corrected chi connectivity index (χ1v) is 8.44. The summed E-state index contributed by atoms with van der Waals surface area (Å²) in [6, 6.07) is 0. The molecular formula is C13H15N2O7S. The smallest absolute Gasteiger partial charge is 0.353 e. The Labute approximate surface area is 131 Å². The van der Waals surface area contributed by atoms with Crippen molar-refractivity contribution in [2.45, 2.75) is 43.3 Å². The molecule has 1 fully saturated rings. The van der Waals surface area contributed by atoms with Gasteiger partial charge in [-0.2, -0.15) is 0 Å². The normalized spacial score (nSPS) is 14.5. The van der Waals surface area contributed by atoms with Gasteiger partial charge in [0.1, 0.15) is 12.2 Å². The number of esters is 1. The summed E-state index contributed by atoms with van der Waals surface area (Å²) in [6.07, 6.45) is 1.04. The van der Waals surface area contributed by atoms with Crippen LogP contribution in [0.4, 0.5) is 5.69 Å². The molecule has 1 N–H and O–H groups in total. The fourth-order valence-corrected chi connectivity index (χ4v) is 4.18. The maximum atomic E-state index is 12.5. The van der Waals surface area contributed by atoms with Gasteiger partial charge >= 0.3 is 17.2 Å². The van der Waals surface area contributed by atoms with Gasteiger partial charge in [0.05, 0.1) is 10.2 Å². The Morgan fingerprint density at radius 1 is 1.48 bits per heavy atom. The third kappa shape index (κ3) is 3.11. The molecule has 0 amide bonds. The first-order chi connectivity index (χ1) is 10.7. The fourth-order valence-electron chi connectivity index (χ4n) is 2.14. The lowest BCUT2D eigenvalue weighted by molar-refractivity contribution is -0.389. The molecule has 125 valence electrons. The number of H-pyrrole nitrogens is 1. The molecule has 0 saturated heterocycles. The van der Waals surface area contributed by atoms with Crippen molar-refractivity contribution in [2.75, 3.05) is 0 Å². The van der Waals surface area contributed by atoms with Crippen molar-refractivity contribution in [2.24, 2.45) is 0 Å². The largest absolute Gasteiger partial charge is 0.455 e. The molecule has 0 bridgehead atoms. The van der Waals surface area contributed by atoms with Crippen molar-refractivity contribution < 1.29 is 22.9 Å². The van der Waals surface area contributed by atoms with Crippen LogP contribution >= 0.6 is 0 Å². The zero-order valence-corrected chi connectivity index (χ0v) is 13.3. The molecule has 1 heterocycles. The van der Waals surface area contributed by atoms with Crippen molar-refractivity contribution in [1.82, 2.24) is 4.98 Å². The molecule has 1 aromatic rings. The van der Waals surface area contributed by atoms with Crippen LogP contribution in [-0.4, -0.2) is 29.5 Å². The number of aryl methyl sites for hydroxylation is 1. The molecular weight excluding hydrogens is 328 g/mol. The number of aromatic nitrogens is 1. The van der Waals surface area contributed by atoms with Gasteiger partial charge in [-0.15, -0.1) is 0 Å². The molecule has 0 spiro atoms. The minimum Gasteiger partial charge on any atom is -0.455 e. The number of hydrogen-bond acceptors (Lipinski definition) is 7. The molecule has 0 unspecified atom stereocenters. The lowest BCUT2D eigenvalue weighted by atomic mass is 10.2.